The second kappa shape index (κ2) is 7.24. The molecule has 0 fully saturated rings. The van der Waals surface area contributed by atoms with E-state index < -0.39 is 5.54 Å². The number of ether oxygens (including phenoxy) is 2. The Morgan fingerprint density at radius 2 is 2.15 bits per heavy atom. The van der Waals surface area contributed by atoms with Crippen molar-refractivity contribution >= 4 is 5.97 Å². The van der Waals surface area contributed by atoms with Crippen LogP contribution < -0.4 is 10.1 Å². The van der Waals surface area contributed by atoms with Crippen molar-refractivity contribution in [3.05, 3.63) is 29.6 Å². The number of benzene rings is 1. The molecule has 0 aliphatic rings. The van der Waals surface area contributed by atoms with Gasteiger partial charge in [0, 0.05) is 0 Å². The first-order valence-corrected chi connectivity index (χ1v) is 6.59. The van der Waals surface area contributed by atoms with Crippen LogP contribution in [0.15, 0.2) is 18.2 Å². The number of esters is 1. The number of hydrogen-bond acceptors (Lipinski definition) is 4. The summed E-state index contributed by atoms with van der Waals surface area (Å²) < 4.78 is 23.6. The van der Waals surface area contributed by atoms with Gasteiger partial charge in [0.25, 0.3) is 0 Å². The van der Waals surface area contributed by atoms with Crippen molar-refractivity contribution < 1.29 is 18.7 Å². The van der Waals surface area contributed by atoms with E-state index >= 15 is 0 Å². The van der Waals surface area contributed by atoms with E-state index in [9.17, 15) is 9.18 Å². The highest BCUT2D eigenvalue weighted by molar-refractivity contribution is 5.80. The van der Waals surface area contributed by atoms with Crippen LogP contribution in [0, 0.1) is 12.7 Å². The van der Waals surface area contributed by atoms with E-state index in [0.29, 0.717) is 19.4 Å². The van der Waals surface area contributed by atoms with E-state index in [0.717, 1.165) is 5.56 Å². The van der Waals surface area contributed by atoms with E-state index in [1.165, 1.54) is 13.2 Å². The smallest absolute Gasteiger partial charge is 0.325 e. The number of rotatable bonds is 7. The summed E-state index contributed by atoms with van der Waals surface area (Å²) in [6, 6.07) is 4.74. The number of carbonyl (C=O) groups excluding carboxylic acids is 1. The van der Waals surface area contributed by atoms with E-state index in [1.807, 2.05) is 6.92 Å². The molecule has 0 radical (unpaired) electrons. The summed E-state index contributed by atoms with van der Waals surface area (Å²) in [4.78, 5) is 11.6. The molecular weight excluding hydrogens is 261 g/mol. The zero-order chi connectivity index (χ0) is 15.2. The SMILES string of the molecule is CNC(C)(CCCOc1cc(C)ccc1F)C(=O)OC. The third-order valence-corrected chi connectivity index (χ3v) is 3.35. The molecule has 0 aliphatic carbocycles. The summed E-state index contributed by atoms with van der Waals surface area (Å²) in [6.45, 7) is 3.99. The Morgan fingerprint density at radius 3 is 2.75 bits per heavy atom. The molecule has 0 bridgehead atoms. The predicted octanol–water partition coefficient (Wildman–Crippen LogP) is 2.44. The maximum atomic E-state index is 13.5. The summed E-state index contributed by atoms with van der Waals surface area (Å²) in [7, 11) is 3.06. The highest BCUT2D eigenvalue weighted by Gasteiger charge is 2.31. The molecule has 0 spiro atoms. The van der Waals surface area contributed by atoms with Crippen LogP contribution >= 0.6 is 0 Å². The minimum Gasteiger partial charge on any atom is -0.491 e. The Kier molecular flexibility index (Phi) is 5.95. The van der Waals surface area contributed by atoms with Crippen molar-refractivity contribution in [3.8, 4) is 5.75 Å². The molecule has 20 heavy (non-hydrogen) atoms. The fourth-order valence-corrected chi connectivity index (χ4v) is 1.88. The van der Waals surface area contributed by atoms with Crippen molar-refractivity contribution in [2.24, 2.45) is 0 Å². The summed E-state index contributed by atoms with van der Waals surface area (Å²) >= 11 is 0. The van der Waals surface area contributed by atoms with Gasteiger partial charge in [0.15, 0.2) is 11.6 Å². The van der Waals surface area contributed by atoms with E-state index in [4.69, 9.17) is 9.47 Å². The molecule has 1 atom stereocenters. The lowest BCUT2D eigenvalue weighted by atomic mass is 9.96. The third kappa shape index (κ3) is 4.20. The summed E-state index contributed by atoms with van der Waals surface area (Å²) in [5, 5.41) is 2.94. The lowest BCUT2D eigenvalue weighted by Crippen LogP contribution is -2.48. The molecule has 5 heteroatoms. The molecule has 1 aromatic rings. The molecule has 0 heterocycles. The third-order valence-electron chi connectivity index (χ3n) is 3.35. The second-order valence-electron chi connectivity index (χ2n) is 4.96. The predicted molar refractivity (Wildman–Crippen MR) is 75.3 cm³/mol. The molecule has 0 saturated heterocycles. The Balaban J connectivity index is 2.48. The van der Waals surface area contributed by atoms with Gasteiger partial charge in [-0.25, -0.2) is 4.39 Å². The summed E-state index contributed by atoms with van der Waals surface area (Å²) in [6.07, 6.45) is 1.16. The molecule has 112 valence electrons. The molecule has 0 saturated carbocycles. The number of halogens is 1. The zero-order valence-electron chi connectivity index (χ0n) is 12.5. The molecule has 0 amide bonds. The van der Waals surface area contributed by atoms with Crippen molar-refractivity contribution in [2.75, 3.05) is 20.8 Å². The van der Waals surface area contributed by atoms with E-state index in [-0.39, 0.29) is 17.5 Å². The maximum Gasteiger partial charge on any atom is 0.325 e. The van der Waals surface area contributed by atoms with Gasteiger partial charge in [0.05, 0.1) is 13.7 Å². The zero-order valence-corrected chi connectivity index (χ0v) is 12.5. The monoisotopic (exact) mass is 283 g/mol. The van der Waals surface area contributed by atoms with Crippen molar-refractivity contribution in [1.82, 2.24) is 5.32 Å². The first-order chi connectivity index (χ1) is 9.42. The average molecular weight is 283 g/mol. The average Bonchev–Trinajstić information content (AvgIpc) is 2.45. The number of aryl methyl sites for hydroxylation is 1. The highest BCUT2D eigenvalue weighted by Crippen LogP contribution is 2.19. The van der Waals surface area contributed by atoms with Gasteiger partial charge < -0.3 is 14.8 Å². The van der Waals surface area contributed by atoms with Gasteiger partial charge in [0.1, 0.15) is 5.54 Å². The van der Waals surface area contributed by atoms with Gasteiger partial charge in [-0.3, -0.25) is 4.79 Å². The summed E-state index contributed by atoms with van der Waals surface area (Å²) in [5.74, 6) is -0.448. The van der Waals surface area contributed by atoms with Crippen LogP contribution in [0.5, 0.6) is 5.75 Å². The van der Waals surface area contributed by atoms with Crippen LogP contribution in [0.25, 0.3) is 0 Å². The fourth-order valence-electron chi connectivity index (χ4n) is 1.88. The van der Waals surface area contributed by atoms with Crippen LogP contribution in [-0.2, 0) is 9.53 Å². The van der Waals surface area contributed by atoms with Gasteiger partial charge >= 0.3 is 5.97 Å². The molecule has 0 aromatic heterocycles. The first kappa shape index (κ1) is 16.4. The Bertz CT molecular complexity index is 464. The molecule has 0 aliphatic heterocycles. The Morgan fingerprint density at radius 1 is 1.45 bits per heavy atom. The lowest BCUT2D eigenvalue weighted by Gasteiger charge is -2.25. The lowest BCUT2D eigenvalue weighted by molar-refractivity contribution is -0.148. The van der Waals surface area contributed by atoms with Gasteiger partial charge in [-0.1, -0.05) is 6.07 Å². The number of carbonyl (C=O) groups is 1. The number of methoxy groups -OCH3 is 1. The van der Waals surface area contributed by atoms with Crippen LogP contribution in [0.4, 0.5) is 4.39 Å². The molecule has 1 aromatic carbocycles. The molecule has 1 N–H and O–H groups in total. The molecule has 1 rings (SSSR count). The quantitative estimate of drug-likeness (QED) is 0.617. The second-order valence-corrected chi connectivity index (χ2v) is 4.96. The molecule has 4 nitrogen and oxygen atoms in total. The van der Waals surface area contributed by atoms with Crippen LogP contribution in [0.2, 0.25) is 0 Å². The normalized spacial score (nSPS) is 13.7. The van der Waals surface area contributed by atoms with Crippen molar-refractivity contribution in [2.45, 2.75) is 32.2 Å². The van der Waals surface area contributed by atoms with Gasteiger partial charge in [-0.2, -0.15) is 0 Å². The number of nitrogens with one attached hydrogen (secondary N) is 1. The van der Waals surface area contributed by atoms with E-state index in [2.05, 4.69) is 5.32 Å². The van der Waals surface area contributed by atoms with Crippen LogP contribution in [-0.4, -0.2) is 32.3 Å². The Hall–Kier alpha value is -1.62. The standard InChI is InChI=1S/C15H22FNO3/c1-11-6-7-12(16)13(10-11)20-9-5-8-15(2,17-3)14(18)19-4/h6-7,10,17H,5,8-9H2,1-4H3. The first-order valence-electron chi connectivity index (χ1n) is 6.59. The number of likely N-dealkylation sites (N-methyl/N-ethyl adjacent to an activating group) is 1. The fraction of sp³-hybridized carbons (Fsp3) is 0.533. The topological polar surface area (TPSA) is 47.6 Å². The molecule has 1 unspecified atom stereocenters. The summed E-state index contributed by atoms with van der Waals surface area (Å²) in [5.41, 5.74) is 0.194. The van der Waals surface area contributed by atoms with Crippen LogP contribution in [0.1, 0.15) is 25.3 Å². The minimum atomic E-state index is -0.747. The van der Waals surface area contributed by atoms with Crippen LogP contribution in [0.3, 0.4) is 0 Å². The van der Waals surface area contributed by atoms with E-state index in [1.54, 1.807) is 26.1 Å². The minimum absolute atomic E-state index is 0.245. The largest absolute Gasteiger partial charge is 0.491 e. The van der Waals surface area contributed by atoms with Gasteiger partial charge in [-0.15, -0.1) is 0 Å². The van der Waals surface area contributed by atoms with Crippen molar-refractivity contribution in [3.63, 3.8) is 0 Å². The Labute approximate surface area is 119 Å². The van der Waals surface area contributed by atoms with Gasteiger partial charge in [-0.05, 0) is 51.4 Å². The molecular formula is C15H22FNO3. The van der Waals surface area contributed by atoms with Gasteiger partial charge in [0.2, 0.25) is 0 Å². The maximum absolute atomic E-state index is 13.5. The van der Waals surface area contributed by atoms with Crippen molar-refractivity contribution in [1.29, 1.82) is 0 Å². The highest BCUT2D eigenvalue weighted by atomic mass is 19.1. The number of hydrogen-bond donors (Lipinski definition) is 1.